The number of hydrogen-bond acceptors (Lipinski definition) is 8. The predicted octanol–water partition coefficient (Wildman–Crippen LogP) is 5.77. The minimum absolute atomic E-state index is 0.0433. The molecular weight excluding hydrogens is 576 g/mol. The van der Waals surface area contributed by atoms with Crippen LogP contribution in [-0.2, 0) is 11.3 Å². The van der Waals surface area contributed by atoms with Crippen LogP contribution in [0.15, 0.2) is 99.1 Å². The van der Waals surface area contributed by atoms with E-state index in [1.54, 1.807) is 35.6 Å². The summed E-state index contributed by atoms with van der Waals surface area (Å²) in [4.78, 5) is 27.1. The van der Waals surface area contributed by atoms with Gasteiger partial charge >= 0.3 is 0 Å². The summed E-state index contributed by atoms with van der Waals surface area (Å²) in [6.45, 7) is 2.08. The number of halogens is 1. The van der Waals surface area contributed by atoms with Crippen LogP contribution in [0.5, 0.6) is 0 Å². The van der Waals surface area contributed by atoms with Crippen LogP contribution in [-0.4, -0.2) is 43.1 Å². The van der Waals surface area contributed by atoms with E-state index in [0.717, 1.165) is 27.4 Å². The molecule has 1 aliphatic rings. The number of nitrogens with zero attached hydrogens (tertiary/aromatic N) is 5. The molecule has 0 bridgehead atoms. The highest BCUT2D eigenvalue weighted by molar-refractivity contribution is 7.99. The Labute approximate surface area is 249 Å². The van der Waals surface area contributed by atoms with E-state index in [4.69, 9.17) is 9.52 Å². The van der Waals surface area contributed by atoms with Crippen molar-refractivity contribution in [2.24, 2.45) is 5.10 Å². The van der Waals surface area contributed by atoms with Gasteiger partial charge in [0.25, 0.3) is 11.8 Å². The van der Waals surface area contributed by atoms with Crippen molar-refractivity contribution in [1.82, 2.24) is 25.1 Å². The molecule has 0 unspecified atom stereocenters. The van der Waals surface area contributed by atoms with Crippen LogP contribution in [0.4, 0.5) is 4.39 Å². The van der Waals surface area contributed by atoms with Gasteiger partial charge in [-0.05, 0) is 65.9 Å². The van der Waals surface area contributed by atoms with E-state index in [9.17, 15) is 14.0 Å². The van der Waals surface area contributed by atoms with Crippen LogP contribution in [0.3, 0.4) is 0 Å². The SMILES string of the molecule is Cc1cccc(-n2c(CNC(=O)c3ccco3)nnc2SCC(=O)N2N=C(c3cccs3)C[C@H]2c2ccc(F)cc2)c1. The average molecular weight is 601 g/mol. The summed E-state index contributed by atoms with van der Waals surface area (Å²) in [7, 11) is 0. The van der Waals surface area contributed by atoms with Crippen LogP contribution in [0, 0.1) is 12.7 Å². The van der Waals surface area contributed by atoms with Gasteiger partial charge in [-0.1, -0.05) is 42.1 Å². The van der Waals surface area contributed by atoms with E-state index < -0.39 is 0 Å². The van der Waals surface area contributed by atoms with Crippen molar-refractivity contribution in [2.45, 2.75) is 31.1 Å². The van der Waals surface area contributed by atoms with Gasteiger partial charge in [-0.2, -0.15) is 5.10 Å². The molecule has 0 spiro atoms. The smallest absolute Gasteiger partial charge is 0.287 e. The topological polar surface area (TPSA) is 106 Å². The Morgan fingerprint density at radius 2 is 1.95 bits per heavy atom. The van der Waals surface area contributed by atoms with E-state index in [-0.39, 0.29) is 41.7 Å². The standard InChI is InChI=1S/C30H25FN6O3S2/c1-19-5-2-6-22(15-19)36-27(17-32-29(39)25-7-3-13-40-25)33-34-30(36)42-18-28(38)37-24(20-9-11-21(31)12-10-20)16-23(35-37)26-8-4-14-41-26/h2-15,24H,16-18H2,1H3,(H,32,39)/t24-/m0/s1. The second-order valence-corrected chi connectivity index (χ2v) is 11.4. The van der Waals surface area contributed by atoms with Crippen molar-refractivity contribution in [3.05, 3.63) is 118 Å². The lowest BCUT2D eigenvalue weighted by Gasteiger charge is -2.22. The largest absolute Gasteiger partial charge is 0.459 e. The minimum atomic E-state index is -0.372. The first kappa shape index (κ1) is 27.6. The molecule has 3 aromatic heterocycles. The first-order chi connectivity index (χ1) is 20.5. The molecule has 0 fully saturated rings. The third-order valence-electron chi connectivity index (χ3n) is 6.66. The number of nitrogens with one attached hydrogen (secondary N) is 1. The van der Waals surface area contributed by atoms with Crippen molar-refractivity contribution in [3.63, 3.8) is 0 Å². The van der Waals surface area contributed by atoms with Crippen molar-refractivity contribution in [2.75, 3.05) is 5.75 Å². The molecule has 1 atom stereocenters. The zero-order valence-corrected chi connectivity index (χ0v) is 24.1. The second-order valence-electron chi connectivity index (χ2n) is 9.56. The Kier molecular flexibility index (Phi) is 7.97. The van der Waals surface area contributed by atoms with Crippen LogP contribution in [0.25, 0.3) is 5.69 Å². The zero-order chi connectivity index (χ0) is 29.1. The Morgan fingerprint density at radius 1 is 1.10 bits per heavy atom. The normalized spacial score (nSPS) is 14.7. The summed E-state index contributed by atoms with van der Waals surface area (Å²) < 4.78 is 20.7. The first-order valence-corrected chi connectivity index (χ1v) is 15.0. The quantitative estimate of drug-likeness (QED) is 0.216. The van der Waals surface area contributed by atoms with Gasteiger partial charge < -0.3 is 9.73 Å². The number of hydrogen-bond donors (Lipinski definition) is 1. The van der Waals surface area contributed by atoms with Gasteiger partial charge in [0, 0.05) is 12.1 Å². The predicted molar refractivity (Wildman–Crippen MR) is 158 cm³/mol. The molecule has 212 valence electrons. The fourth-order valence-corrected chi connectivity index (χ4v) is 6.20. The zero-order valence-electron chi connectivity index (χ0n) is 22.4. The lowest BCUT2D eigenvalue weighted by molar-refractivity contribution is -0.130. The van der Waals surface area contributed by atoms with E-state index in [2.05, 4.69) is 15.5 Å². The minimum Gasteiger partial charge on any atom is -0.459 e. The highest BCUT2D eigenvalue weighted by atomic mass is 32.2. The van der Waals surface area contributed by atoms with Crippen LogP contribution in [0.1, 0.15) is 44.8 Å². The second kappa shape index (κ2) is 12.1. The molecule has 5 aromatic rings. The van der Waals surface area contributed by atoms with Crippen molar-refractivity contribution >= 4 is 40.6 Å². The highest BCUT2D eigenvalue weighted by Gasteiger charge is 2.33. The number of aromatic nitrogens is 3. The summed E-state index contributed by atoms with van der Waals surface area (Å²) in [6.07, 6.45) is 1.96. The molecule has 0 aliphatic carbocycles. The number of thiophene rings is 1. The lowest BCUT2D eigenvalue weighted by atomic mass is 10.0. The van der Waals surface area contributed by atoms with Crippen molar-refractivity contribution in [1.29, 1.82) is 0 Å². The number of thioether (sulfide) groups is 1. The van der Waals surface area contributed by atoms with Gasteiger partial charge in [0.05, 0.1) is 35.2 Å². The summed E-state index contributed by atoms with van der Waals surface area (Å²) in [5.41, 5.74) is 3.46. The Hall–Kier alpha value is -4.55. The number of benzene rings is 2. The number of carbonyl (C=O) groups excluding carboxylic acids is 2. The number of amides is 2. The lowest BCUT2D eigenvalue weighted by Crippen LogP contribution is -2.28. The van der Waals surface area contributed by atoms with Gasteiger partial charge in [-0.15, -0.1) is 21.5 Å². The summed E-state index contributed by atoms with van der Waals surface area (Å²) in [5, 5.41) is 20.2. The molecule has 0 saturated carbocycles. The number of rotatable bonds is 9. The molecule has 9 nitrogen and oxygen atoms in total. The number of aryl methyl sites for hydroxylation is 1. The molecule has 1 aliphatic heterocycles. The number of carbonyl (C=O) groups is 2. The Bertz CT molecular complexity index is 1730. The maximum absolute atomic E-state index is 13.7. The Morgan fingerprint density at radius 3 is 2.69 bits per heavy atom. The van der Waals surface area contributed by atoms with Gasteiger partial charge in [-0.25, -0.2) is 9.40 Å². The van der Waals surface area contributed by atoms with Gasteiger partial charge in [0.15, 0.2) is 16.7 Å². The maximum Gasteiger partial charge on any atom is 0.287 e. The number of hydrazone groups is 1. The summed E-state index contributed by atoms with van der Waals surface area (Å²) >= 11 is 2.80. The van der Waals surface area contributed by atoms with Crippen LogP contribution < -0.4 is 5.32 Å². The third kappa shape index (κ3) is 5.90. The molecule has 0 radical (unpaired) electrons. The highest BCUT2D eigenvalue weighted by Crippen LogP contribution is 2.35. The fourth-order valence-electron chi connectivity index (χ4n) is 4.66. The molecule has 12 heteroatoms. The van der Waals surface area contributed by atoms with E-state index in [1.807, 2.05) is 53.3 Å². The van der Waals surface area contributed by atoms with Gasteiger partial charge in [-0.3, -0.25) is 14.2 Å². The monoisotopic (exact) mass is 600 g/mol. The van der Waals surface area contributed by atoms with E-state index >= 15 is 0 Å². The van der Waals surface area contributed by atoms with Crippen molar-refractivity contribution < 1.29 is 18.4 Å². The molecule has 2 amide bonds. The molecule has 42 heavy (non-hydrogen) atoms. The molecule has 6 rings (SSSR count). The van der Waals surface area contributed by atoms with Gasteiger partial charge in [0.2, 0.25) is 0 Å². The van der Waals surface area contributed by atoms with Crippen LogP contribution >= 0.6 is 23.1 Å². The van der Waals surface area contributed by atoms with E-state index in [1.165, 1.54) is 35.2 Å². The molecule has 0 saturated heterocycles. The fraction of sp³-hybridized carbons (Fsp3) is 0.167. The molecular formula is C30H25FN6O3S2. The number of furan rings is 1. The van der Waals surface area contributed by atoms with Crippen LogP contribution in [0.2, 0.25) is 0 Å². The Balaban J connectivity index is 1.24. The third-order valence-corrected chi connectivity index (χ3v) is 8.50. The van der Waals surface area contributed by atoms with E-state index in [0.29, 0.717) is 17.4 Å². The van der Waals surface area contributed by atoms with Gasteiger partial charge in [0.1, 0.15) is 5.82 Å². The summed E-state index contributed by atoms with van der Waals surface area (Å²) in [5.74, 6) is -0.187. The molecule has 1 N–H and O–H groups in total. The van der Waals surface area contributed by atoms with Crippen molar-refractivity contribution in [3.8, 4) is 5.69 Å². The average Bonchev–Trinajstić information content (AvgIpc) is 3.81. The molecule has 4 heterocycles. The first-order valence-electron chi connectivity index (χ1n) is 13.1. The summed E-state index contributed by atoms with van der Waals surface area (Å²) in [6, 6.07) is 20.8. The maximum atomic E-state index is 13.7. The molecule has 2 aromatic carbocycles.